The summed E-state index contributed by atoms with van der Waals surface area (Å²) in [5, 5.41) is 10.5. The summed E-state index contributed by atoms with van der Waals surface area (Å²) in [5.74, 6) is 0.515. The molecule has 0 aliphatic heterocycles. The SMILES string of the molecule is CC(CCl)Cn1cc([N+](=O)[O-])ccc1=O. The van der Waals surface area contributed by atoms with Gasteiger partial charge in [0.15, 0.2) is 0 Å². The molecule has 0 spiro atoms. The first-order valence-corrected chi connectivity index (χ1v) is 4.99. The van der Waals surface area contributed by atoms with Gasteiger partial charge in [-0.25, -0.2) is 0 Å². The molecule has 82 valence electrons. The number of hydrogen-bond donors (Lipinski definition) is 0. The predicted molar refractivity (Wildman–Crippen MR) is 57.2 cm³/mol. The topological polar surface area (TPSA) is 65.1 Å². The predicted octanol–water partition coefficient (Wildman–Crippen LogP) is 1.63. The zero-order valence-electron chi connectivity index (χ0n) is 8.22. The van der Waals surface area contributed by atoms with E-state index < -0.39 is 4.92 Å². The lowest BCUT2D eigenvalue weighted by molar-refractivity contribution is -0.385. The fourth-order valence-corrected chi connectivity index (χ4v) is 1.25. The van der Waals surface area contributed by atoms with Gasteiger partial charge in [-0.1, -0.05) is 6.92 Å². The van der Waals surface area contributed by atoms with E-state index in [0.29, 0.717) is 12.4 Å². The second-order valence-corrected chi connectivity index (χ2v) is 3.70. The maximum Gasteiger partial charge on any atom is 0.285 e. The highest BCUT2D eigenvalue weighted by atomic mass is 35.5. The molecular formula is C9H11ClN2O3. The van der Waals surface area contributed by atoms with Gasteiger partial charge in [-0.05, 0) is 5.92 Å². The molecule has 6 heteroatoms. The first-order valence-electron chi connectivity index (χ1n) is 4.45. The second-order valence-electron chi connectivity index (χ2n) is 3.39. The minimum atomic E-state index is -0.526. The van der Waals surface area contributed by atoms with E-state index >= 15 is 0 Å². The number of pyridine rings is 1. The average Bonchev–Trinajstić information content (AvgIpc) is 2.20. The van der Waals surface area contributed by atoms with E-state index in [2.05, 4.69) is 0 Å². The van der Waals surface area contributed by atoms with Crippen LogP contribution in [0.25, 0.3) is 0 Å². The molecule has 0 fully saturated rings. The van der Waals surface area contributed by atoms with Crippen LogP contribution >= 0.6 is 11.6 Å². The van der Waals surface area contributed by atoms with Gasteiger partial charge in [0.25, 0.3) is 11.2 Å². The van der Waals surface area contributed by atoms with Crippen LogP contribution < -0.4 is 5.56 Å². The Balaban J connectivity index is 3.00. The van der Waals surface area contributed by atoms with Gasteiger partial charge in [0.05, 0.1) is 11.1 Å². The average molecular weight is 231 g/mol. The lowest BCUT2D eigenvalue weighted by Crippen LogP contribution is -2.22. The molecule has 1 atom stereocenters. The molecule has 1 unspecified atom stereocenters. The van der Waals surface area contributed by atoms with Crippen LogP contribution in [-0.2, 0) is 6.54 Å². The lowest BCUT2D eigenvalue weighted by Gasteiger charge is -2.09. The molecule has 0 aliphatic carbocycles. The van der Waals surface area contributed by atoms with Crippen molar-refractivity contribution in [1.29, 1.82) is 0 Å². The number of nitrogens with zero attached hydrogens (tertiary/aromatic N) is 2. The highest BCUT2D eigenvalue weighted by Gasteiger charge is 2.09. The van der Waals surface area contributed by atoms with Crippen LogP contribution in [0.3, 0.4) is 0 Å². The van der Waals surface area contributed by atoms with Gasteiger partial charge in [-0.2, -0.15) is 0 Å². The third-order valence-electron chi connectivity index (χ3n) is 1.95. The van der Waals surface area contributed by atoms with Crippen molar-refractivity contribution in [2.45, 2.75) is 13.5 Å². The van der Waals surface area contributed by atoms with Gasteiger partial charge in [-0.15, -0.1) is 11.6 Å². The third-order valence-corrected chi connectivity index (χ3v) is 2.48. The standard InChI is InChI=1S/C9H11ClN2O3/c1-7(4-10)5-11-6-8(12(14)15)2-3-9(11)13/h2-3,6-7H,4-5H2,1H3. The minimum Gasteiger partial charge on any atom is -0.309 e. The largest absolute Gasteiger partial charge is 0.309 e. The van der Waals surface area contributed by atoms with Gasteiger partial charge in [0, 0.05) is 24.6 Å². The van der Waals surface area contributed by atoms with E-state index in [1.807, 2.05) is 6.92 Å². The number of aromatic nitrogens is 1. The molecule has 1 aromatic rings. The van der Waals surface area contributed by atoms with E-state index in [1.54, 1.807) is 0 Å². The Kier molecular flexibility index (Phi) is 3.85. The van der Waals surface area contributed by atoms with Crippen LogP contribution in [0.15, 0.2) is 23.1 Å². The van der Waals surface area contributed by atoms with Gasteiger partial charge in [0.1, 0.15) is 0 Å². The van der Waals surface area contributed by atoms with Gasteiger partial charge in [-0.3, -0.25) is 14.9 Å². The Labute approximate surface area is 91.4 Å². The first kappa shape index (κ1) is 11.7. The molecule has 1 heterocycles. The summed E-state index contributed by atoms with van der Waals surface area (Å²) in [6.07, 6.45) is 1.24. The van der Waals surface area contributed by atoms with Crippen molar-refractivity contribution in [2.75, 3.05) is 5.88 Å². The molecule has 1 rings (SSSR count). The van der Waals surface area contributed by atoms with Crippen LogP contribution in [0.2, 0.25) is 0 Å². The Hall–Kier alpha value is -1.36. The Morgan fingerprint density at radius 1 is 1.60 bits per heavy atom. The minimum absolute atomic E-state index is 0.0867. The van der Waals surface area contributed by atoms with Gasteiger partial charge >= 0.3 is 0 Å². The fraction of sp³-hybridized carbons (Fsp3) is 0.444. The number of nitro groups is 1. The molecule has 15 heavy (non-hydrogen) atoms. The van der Waals surface area contributed by atoms with Crippen molar-refractivity contribution in [2.24, 2.45) is 5.92 Å². The zero-order valence-corrected chi connectivity index (χ0v) is 8.98. The Bertz CT molecular complexity index is 416. The molecule has 0 aliphatic rings. The third kappa shape index (κ3) is 3.06. The number of rotatable bonds is 4. The van der Waals surface area contributed by atoms with Crippen molar-refractivity contribution in [3.63, 3.8) is 0 Å². The quantitative estimate of drug-likeness (QED) is 0.449. The molecular weight excluding hydrogens is 220 g/mol. The zero-order chi connectivity index (χ0) is 11.4. The van der Waals surface area contributed by atoms with E-state index in [1.165, 1.54) is 22.9 Å². The molecule has 1 aromatic heterocycles. The molecule has 0 N–H and O–H groups in total. The van der Waals surface area contributed by atoms with Crippen molar-refractivity contribution >= 4 is 17.3 Å². The molecule has 0 saturated heterocycles. The Morgan fingerprint density at radius 3 is 2.80 bits per heavy atom. The molecule has 0 amide bonds. The monoisotopic (exact) mass is 230 g/mol. The van der Waals surface area contributed by atoms with Crippen LogP contribution in [-0.4, -0.2) is 15.4 Å². The van der Waals surface area contributed by atoms with Crippen LogP contribution in [0.5, 0.6) is 0 Å². The van der Waals surface area contributed by atoms with E-state index in [9.17, 15) is 14.9 Å². The van der Waals surface area contributed by atoms with E-state index in [0.717, 1.165) is 0 Å². The van der Waals surface area contributed by atoms with Crippen molar-refractivity contribution < 1.29 is 4.92 Å². The smallest absolute Gasteiger partial charge is 0.285 e. The van der Waals surface area contributed by atoms with Gasteiger partial charge < -0.3 is 4.57 Å². The summed E-state index contributed by atoms with van der Waals surface area (Å²) in [4.78, 5) is 21.3. The highest BCUT2D eigenvalue weighted by molar-refractivity contribution is 6.18. The van der Waals surface area contributed by atoms with E-state index in [-0.39, 0.29) is 17.2 Å². The molecule has 0 saturated carbocycles. The molecule has 5 nitrogen and oxygen atoms in total. The maximum absolute atomic E-state index is 11.3. The molecule has 0 radical (unpaired) electrons. The van der Waals surface area contributed by atoms with Crippen molar-refractivity contribution in [3.05, 3.63) is 38.8 Å². The lowest BCUT2D eigenvalue weighted by atomic mass is 10.2. The number of hydrogen-bond acceptors (Lipinski definition) is 3. The fourth-order valence-electron chi connectivity index (χ4n) is 1.15. The number of halogens is 1. The number of alkyl halides is 1. The first-order chi connectivity index (χ1) is 7.04. The van der Waals surface area contributed by atoms with Crippen molar-refractivity contribution in [1.82, 2.24) is 4.57 Å². The van der Waals surface area contributed by atoms with Crippen LogP contribution in [0.1, 0.15) is 6.92 Å². The summed E-state index contributed by atoms with van der Waals surface area (Å²) >= 11 is 5.61. The van der Waals surface area contributed by atoms with Crippen LogP contribution in [0, 0.1) is 16.0 Å². The van der Waals surface area contributed by atoms with Crippen LogP contribution in [0.4, 0.5) is 5.69 Å². The summed E-state index contributed by atoms with van der Waals surface area (Å²) in [5.41, 5.74) is -0.339. The summed E-state index contributed by atoms with van der Waals surface area (Å²) in [6.45, 7) is 2.27. The summed E-state index contributed by atoms with van der Waals surface area (Å²) in [6, 6.07) is 2.39. The highest BCUT2D eigenvalue weighted by Crippen LogP contribution is 2.08. The molecule has 0 bridgehead atoms. The van der Waals surface area contributed by atoms with E-state index in [4.69, 9.17) is 11.6 Å². The summed E-state index contributed by atoms with van der Waals surface area (Å²) in [7, 11) is 0. The second kappa shape index (κ2) is 4.93. The maximum atomic E-state index is 11.3. The summed E-state index contributed by atoms with van der Waals surface area (Å²) < 4.78 is 1.31. The normalized spacial score (nSPS) is 12.4. The van der Waals surface area contributed by atoms with Crippen molar-refractivity contribution in [3.8, 4) is 0 Å². The van der Waals surface area contributed by atoms with Gasteiger partial charge in [0.2, 0.25) is 0 Å². The Morgan fingerprint density at radius 2 is 2.27 bits per heavy atom. The molecule has 0 aromatic carbocycles.